The van der Waals surface area contributed by atoms with Crippen LogP contribution in [0.4, 0.5) is 13.2 Å². The summed E-state index contributed by atoms with van der Waals surface area (Å²) in [4.78, 5) is 0.0601. The molecule has 0 aliphatic carbocycles. The van der Waals surface area contributed by atoms with Crippen molar-refractivity contribution in [2.24, 2.45) is 0 Å². The van der Waals surface area contributed by atoms with Crippen LogP contribution in [0.1, 0.15) is 11.1 Å². The van der Waals surface area contributed by atoms with Gasteiger partial charge in [0.05, 0.1) is 35.0 Å². The maximum Gasteiger partial charge on any atom is 0.416 e. The molecule has 0 saturated carbocycles. The van der Waals surface area contributed by atoms with Crippen molar-refractivity contribution in [1.82, 2.24) is 14.5 Å². The first-order chi connectivity index (χ1) is 12.7. The van der Waals surface area contributed by atoms with Crippen LogP contribution < -0.4 is 9.46 Å². The molecule has 1 aromatic heterocycles. The lowest BCUT2D eigenvalue weighted by atomic mass is 10.1. The van der Waals surface area contributed by atoms with E-state index in [9.17, 15) is 21.6 Å². The number of nitrogens with one attached hydrogen (secondary N) is 1. The number of rotatable bonds is 5. The first kappa shape index (κ1) is 19.2. The zero-order valence-corrected chi connectivity index (χ0v) is 15.2. The van der Waals surface area contributed by atoms with E-state index in [2.05, 4.69) is 9.82 Å². The van der Waals surface area contributed by atoms with E-state index in [1.165, 1.54) is 38.4 Å². The summed E-state index contributed by atoms with van der Waals surface area (Å²) in [7, 11) is -0.916. The SMILES string of the molecule is CNS(=O)(=O)c1ccc2c(c1)c(OC)nn2Cc1ccc(C(F)(F)F)cc1. The summed E-state index contributed by atoms with van der Waals surface area (Å²) in [5.41, 5.74) is 0.486. The molecule has 10 heteroatoms. The molecule has 0 aliphatic rings. The Morgan fingerprint density at radius 2 is 1.81 bits per heavy atom. The molecule has 0 fully saturated rings. The highest BCUT2D eigenvalue weighted by molar-refractivity contribution is 7.89. The van der Waals surface area contributed by atoms with E-state index in [0.717, 1.165) is 12.1 Å². The van der Waals surface area contributed by atoms with Crippen molar-refractivity contribution < 1.29 is 26.3 Å². The Balaban J connectivity index is 2.00. The van der Waals surface area contributed by atoms with E-state index in [4.69, 9.17) is 4.74 Å². The highest BCUT2D eigenvalue weighted by atomic mass is 32.2. The Morgan fingerprint density at radius 3 is 2.37 bits per heavy atom. The van der Waals surface area contributed by atoms with Crippen LogP contribution in [0.15, 0.2) is 47.4 Å². The molecule has 6 nitrogen and oxygen atoms in total. The lowest BCUT2D eigenvalue weighted by molar-refractivity contribution is -0.137. The molecule has 1 N–H and O–H groups in total. The molecule has 144 valence electrons. The van der Waals surface area contributed by atoms with Crippen LogP contribution >= 0.6 is 0 Å². The molecule has 0 saturated heterocycles. The van der Waals surface area contributed by atoms with Crippen molar-refractivity contribution in [3.05, 3.63) is 53.6 Å². The second kappa shape index (κ2) is 6.86. The third-order valence-electron chi connectivity index (χ3n) is 4.07. The van der Waals surface area contributed by atoms with Gasteiger partial charge in [0.2, 0.25) is 15.9 Å². The summed E-state index contributed by atoms with van der Waals surface area (Å²) in [6.07, 6.45) is -4.39. The van der Waals surface area contributed by atoms with E-state index in [1.807, 2.05) is 0 Å². The van der Waals surface area contributed by atoms with Gasteiger partial charge in [-0.2, -0.15) is 13.2 Å². The fourth-order valence-electron chi connectivity index (χ4n) is 2.66. The summed E-state index contributed by atoms with van der Waals surface area (Å²) in [5.74, 6) is 0.227. The number of nitrogens with zero attached hydrogens (tertiary/aromatic N) is 2. The molecule has 3 aromatic rings. The Bertz CT molecular complexity index is 1070. The van der Waals surface area contributed by atoms with Gasteiger partial charge in [-0.15, -0.1) is 5.10 Å². The van der Waals surface area contributed by atoms with Gasteiger partial charge in [0.15, 0.2) is 0 Å². The number of hydrogen-bond donors (Lipinski definition) is 1. The largest absolute Gasteiger partial charge is 0.479 e. The summed E-state index contributed by atoms with van der Waals surface area (Å²) < 4.78 is 71.0. The number of sulfonamides is 1. The molecule has 0 aliphatic heterocycles. The van der Waals surface area contributed by atoms with Gasteiger partial charge in [-0.1, -0.05) is 12.1 Å². The molecule has 0 unspecified atom stereocenters. The molecule has 3 rings (SSSR count). The lowest BCUT2D eigenvalue weighted by Gasteiger charge is -2.08. The standard InChI is InChI=1S/C17H16F3N3O3S/c1-21-27(24,25)13-7-8-15-14(9-13)16(26-2)22-23(15)10-11-3-5-12(6-4-11)17(18,19)20/h3-9,21H,10H2,1-2H3. The van der Waals surface area contributed by atoms with E-state index in [0.29, 0.717) is 16.5 Å². The third kappa shape index (κ3) is 3.76. The van der Waals surface area contributed by atoms with Crippen LogP contribution in [0.25, 0.3) is 10.9 Å². The van der Waals surface area contributed by atoms with Crippen molar-refractivity contribution in [2.45, 2.75) is 17.6 Å². The van der Waals surface area contributed by atoms with Crippen LogP contribution in [0, 0.1) is 0 Å². The number of alkyl halides is 3. The van der Waals surface area contributed by atoms with Crippen molar-refractivity contribution in [2.75, 3.05) is 14.2 Å². The average molecular weight is 399 g/mol. The smallest absolute Gasteiger partial charge is 0.416 e. The van der Waals surface area contributed by atoms with Gasteiger partial charge < -0.3 is 4.74 Å². The average Bonchev–Trinajstić information content (AvgIpc) is 2.98. The first-order valence-corrected chi connectivity index (χ1v) is 9.28. The number of ether oxygens (including phenoxy) is 1. The van der Waals surface area contributed by atoms with E-state index in [-0.39, 0.29) is 17.3 Å². The first-order valence-electron chi connectivity index (χ1n) is 7.80. The number of halogens is 3. The molecular weight excluding hydrogens is 383 g/mol. The molecular formula is C17H16F3N3O3S. The normalized spacial score (nSPS) is 12.5. The van der Waals surface area contributed by atoms with Crippen LogP contribution in [0.5, 0.6) is 5.88 Å². The molecule has 2 aromatic carbocycles. The molecule has 1 heterocycles. The quantitative estimate of drug-likeness (QED) is 0.716. The maximum atomic E-state index is 12.7. The fourth-order valence-corrected chi connectivity index (χ4v) is 3.41. The van der Waals surface area contributed by atoms with Crippen molar-refractivity contribution >= 4 is 20.9 Å². The second-order valence-corrected chi connectivity index (χ2v) is 7.63. The molecule has 27 heavy (non-hydrogen) atoms. The molecule has 0 spiro atoms. The van der Waals surface area contributed by atoms with Gasteiger partial charge in [0.1, 0.15) is 0 Å². The molecule has 0 radical (unpaired) electrons. The van der Waals surface area contributed by atoms with Crippen LogP contribution in [0.3, 0.4) is 0 Å². The lowest BCUT2D eigenvalue weighted by Crippen LogP contribution is -2.18. The van der Waals surface area contributed by atoms with Gasteiger partial charge in [-0.05, 0) is 42.9 Å². The topological polar surface area (TPSA) is 73.2 Å². The highest BCUT2D eigenvalue weighted by Crippen LogP contribution is 2.30. The van der Waals surface area contributed by atoms with E-state index >= 15 is 0 Å². The van der Waals surface area contributed by atoms with E-state index in [1.54, 1.807) is 10.7 Å². The summed E-state index contributed by atoms with van der Waals surface area (Å²) in [5, 5.41) is 4.77. The Kier molecular flexibility index (Phi) is 4.87. The second-order valence-electron chi connectivity index (χ2n) is 5.75. The van der Waals surface area contributed by atoms with Crippen molar-refractivity contribution in [3.8, 4) is 5.88 Å². The third-order valence-corrected chi connectivity index (χ3v) is 5.49. The van der Waals surface area contributed by atoms with Gasteiger partial charge in [-0.25, -0.2) is 13.1 Å². The number of fused-ring (bicyclic) bond motifs is 1. The zero-order chi connectivity index (χ0) is 19.8. The Morgan fingerprint density at radius 1 is 1.15 bits per heavy atom. The van der Waals surface area contributed by atoms with Crippen LogP contribution in [-0.2, 0) is 22.7 Å². The number of aromatic nitrogens is 2. The van der Waals surface area contributed by atoms with Crippen molar-refractivity contribution in [1.29, 1.82) is 0 Å². The fraction of sp³-hybridized carbons (Fsp3) is 0.235. The number of hydrogen-bond acceptors (Lipinski definition) is 4. The monoisotopic (exact) mass is 399 g/mol. The number of methoxy groups -OCH3 is 1. The minimum atomic E-state index is -4.39. The Hall–Kier alpha value is -2.59. The zero-order valence-electron chi connectivity index (χ0n) is 14.4. The predicted octanol–water partition coefficient (Wildman–Crippen LogP) is 3.02. The minimum absolute atomic E-state index is 0.0601. The summed E-state index contributed by atoms with van der Waals surface area (Å²) >= 11 is 0. The van der Waals surface area contributed by atoms with Crippen LogP contribution in [0.2, 0.25) is 0 Å². The highest BCUT2D eigenvalue weighted by Gasteiger charge is 2.30. The molecule has 0 amide bonds. The van der Waals surface area contributed by atoms with Gasteiger partial charge in [0.25, 0.3) is 0 Å². The van der Waals surface area contributed by atoms with Crippen LogP contribution in [-0.4, -0.2) is 32.4 Å². The van der Waals surface area contributed by atoms with E-state index < -0.39 is 21.8 Å². The number of benzene rings is 2. The van der Waals surface area contributed by atoms with Gasteiger partial charge in [0, 0.05) is 0 Å². The predicted molar refractivity (Wildman–Crippen MR) is 93.1 cm³/mol. The minimum Gasteiger partial charge on any atom is -0.479 e. The Labute approximate surface area is 153 Å². The van der Waals surface area contributed by atoms with Gasteiger partial charge >= 0.3 is 6.18 Å². The summed E-state index contributed by atoms with van der Waals surface area (Å²) in [6.45, 7) is 0.204. The molecule has 0 atom stereocenters. The van der Waals surface area contributed by atoms with Crippen molar-refractivity contribution in [3.63, 3.8) is 0 Å². The maximum absolute atomic E-state index is 12.7. The van der Waals surface area contributed by atoms with Gasteiger partial charge in [-0.3, -0.25) is 4.68 Å². The summed E-state index contributed by atoms with van der Waals surface area (Å²) in [6, 6.07) is 9.23. The molecule has 0 bridgehead atoms.